The lowest BCUT2D eigenvalue weighted by molar-refractivity contribution is -0.0531. The van der Waals surface area contributed by atoms with Crippen LogP contribution in [0.5, 0.6) is 5.75 Å². The van der Waals surface area contributed by atoms with Gasteiger partial charge in [-0.2, -0.15) is 5.10 Å². The molecule has 2 amide bonds. The number of amides is 2. The van der Waals surface area contributed by atoms with Gasteiger partial charge in [-0.1, -0.05) is 25.3 Å². The molecule has 14 heteroatoms. The number of hydrogen-bond acceptors (Lipinski definition) is 9. The second kappa shape index (κ2) is 16.6. The van der Waals surface area contributed by atoms with Crippen LogP contribution in [0.2, 0.25) is 0 Å². The van der Waals surface area contributed by atoms with Crippen molar-refractivity contribution in [1.82, 2.24) is 28.9 Å². The number of morpholine rings is 1. The molecule has 13 nitrogen and oxygen atoms in total. The molecule has 1 aliphatic carbocycles. The number of aromatic nitrogens is 3. The standard InChI is InChI=1S/C44H56N6O7S/c1-28(2)58(53,54)46-43(51)30-11-13-37-39(23-30)49-25-32(21-31-22-34(56-5)12-14-36(31)42(49)40(37)29-9-7-6-8-10-29)41-38(24-45-50(41)33-15-17-47(3)18-16-33)44(52)48-19-20-57-35(26-48)27-55-4/h11-14,21-24,28-29,33,35H,6-10,15-20,25-27H2,1-5H3,(H,46,51). The van der Waals surface area contributed by atoms with E-state index in [1.165, 1.54) is 12.0 Å². The third-order valence-corrected chi connectivity index (χ3v) is 14.3. The highest BCUT2D eigenvalue weighted by molar-refractivity contribution is 7.90. The van der Waals surface area contributed by atoms with E-state index in [9.17, 15) is 18.0 Å². The van der Waals surface area contributed by atoms with E-state index < -0.39 is 21.2 Å². The summed E-state index contributed by atoms with van der Waals surface area (Å²) in [7, 11) is 1.59. The van der Waals surface area contributed by atoms with Gasteiger partial charge in [-0.15, -0.1) is 0 Å². The van der Waals surface area contributed by atoms with Gasteiger partial charge in [-0.3, -0.25) is 14.3 Å². The third kappa shape index (κ3) is 7.71. The van der Waals surface area contributed by atoms with E-state index in [1.807, 2.05) is 23.1 Å². The predicted octanol–water partition coefficient (Wildman–Crippen LogP) is 6.34. The maximum atomic E-state index is 14.8. The molecule has 1 atom stereocenters. The summed E-state index contributed by atoms with van der Waals surface area (Å²) in [6.07, 6.45) is 11.1. The number of nitrogens with zero attached hydrogens (tertiary/aromatic N) is 5. The van der Waals surface area contributed by atoms with Crippen molar-refractivity contribution < 1.29 is 32.2 Å². The molecule has 4 aliphatic rings. The Morgan fingerprint density at radius 3 is 2.48 bits per heavy atom. The number of rotatable bonds is 10. The van der Waals surface area contributed by atoms with E-state index >= 15 is 0 Å². The molecule has 4 aromatic rings. The zero-order chi connectivity index (χ0) is 40.7. The van der Waals surface area contributed by atoms with Gasteiger partial charge >= 0.3 is 0 Å². The fourth-order valence-corrected chi connectivity index (χ4v) is 9.96. The van der Waals surface area contributed by atoms with Crippen molar-refractivity contribution in [3.8, 4) is 17.0 Å². The van der Waals surface area contributed by atoms with Gasteiger partial charge in [0.1, 0.15) is 5.75 Å². The van der Waals surface area contributed by atoms with Crippen molar-refractivity contribution in [3.63, 3.8) is 0 Å². The van der Waals surface area contributed by atoms with E-state index in [2.05, 4.69) is 44.1 Å². The number of fused-ring (bicyclic) bond motifs is 5. The second-order valence-corrected chi connectivity index (χ2v) is 18.9. The predicted molar refractivity (Wildman–Crippen MR) is 225 cm³/mol. The van der Waals surface area contributed by atoms with Crippen LogP contribution in [0.3, 0.4) is 0 Å². The number of carbonyl (C=O) groups is 2. The molecule has 2 saturated heterocycles. The number of allylic oxidation sites excluding steroid dienone is 1. The van der Waals surface area contributed by atoms with Crippen molar-refractivity contribution >= 4 is 44.4 Å². The summed E-state index contributed by atoms with van der Waals surface area (Å²) in [5, 5.41) is 5.31. The van der Waals surface area contributed by atoms with Gasteiger partial charge in [0, 0.05) is 42.2 Å². The molecule has 2 aromatic heterocycles. The zero-order valence-electron chi connectivity index (χ0n) is 34.3. The molecule has 0 radical (unpaired) electrons. The molecule has 0 spiro atoms. The number of likely N-dealkylation sites (tertiary alicyclic amines) is 1. The lowest BCUT2D eigenvalue weighted by Gasteiger charge is -2.33. The highest BCUT2D eigenvalue weighted by Gasteiger charge is 2.35. The lowest BCUT2D eigenvalue weighted by atomic mass is 9.81. The summed E-state index contributed by atoms with van der Waals surface area (Å²) in [4.78, 5) is 32.6. The van der Waals surface area contributed by atoms with Crippen LogP contribution < -0.4 is 9.46 Å². The molecule has 310 valence electrons. The van der Waals surface area contributed by atoms with Crippen LogP contribution in [0.15, 0.2) is 42.6 Å². The highest BCUT2D eigenvalue weighted by Crippen LogP contribution is 2.48. The number of ether oxygens (including phenoxy) is 3. The van der Waals surface area contributed by atoms with Gasteiger partial charge in [-0.25, -0.2) is 13.1 Å². The molecule has 1 saturated carbocycles. The minimum absolute atomic E-state index is 0.0875. The summed E-state index contributed by atoms with van der Waals surface area (Å²) in [6.45, 7) is 7.02. The van der Waals surface area contributed by atoms with E-state index in [0.29, 0.717) is 44.3 Å². The topological polar surface area (TPSA) is 137 Å². The molecule has 58 heavy (non-hydrogen) atoms. The Bertz CT molecular complexity index is 2330. The molecule has 1 N–H and O–H groups in total. The molecule has 1 unspecified atom stereocenters. The molecule has 0 bridgehead atoms. The normalized spacial score (nSPS) is 19.8. The van der Waals surface area contributed by atoms with Crippen LogP contribution in [0.25, 0.3) is 33.8 Å². The first-order valence-electron chi connectivity index (χ1n) is 20.7. The number of piperidine rings is 1. The van der Waals surface area contributed by atoms with E-state index in [0.717, 1.165) is 96.4 Å². The van der Waals surface area contributed by atoms with Gasteiger partial charge in [0.05, 0.1) is 67.4 Å². The Kier molecular flexibility index (Phi) is 11.6. The maximum absolute atomic E-state index is 14.8. The molecule has 3 aliphatic heterocycles. The Morgan fingerprint density at radius 2 is 1.76 bits per heavy atom. The minimum Gasteiger partial charge on any atom is -0.497 e. The van der Waals surface area contributed by atoms with E-state index in [-0.39, 0.29) is 23.6 Å². The number of benzene rings is 2. The quantitative estimate of drug-likeness (QED) is 0.195. The Balaban J connectivity index is 1.34. The average Bonchev–Trinajstić information content (AvgIpc) is 3.75. The van der Waals surface area contributed by atoms with Gasteiger partial charge in [0.2, 0.25) is 10.0 Å². The van der Waals surface area contributed by atoms with Crippen molar-refractivity contribution in [2.75, 3.05) is 60.7 Å². The number of carbonyl (C=O) groups excluding carboxylic acids is 2. The zero-order valence-corrected chi connectivity index (χ0v) is 35.1. The summed E-state index contributed by atoms with van der Waals surface area (Å²) < 4.78 is 49.5. The Hall–Kier alpha value is -4.50. The number of nitrogens with one attached hydrogen (secondary N) is 1. The summed E-state index contributed by atoms with van der Waals surface area (Å²) >= 11 is 0. The smallest absolute Gasteiger partial charge is 0.264 e. The van der Waals surface area contributed by atoms with Crippen molar-refractivity contribution in [2.24, 2.45) is 0 Å². The van der Waals surface area contributed by atoms with Crippen LogP contribution >= 0.6 is 0 Å². The van der Waals surface area contributed by atoms with Crippen molar-refractivity contribution in [2.45, 2.75) is 88.7 Å². The van der Waals surface area contributed by atoms with Gasteiger partial charge < -0.3 is 28.6 Å². The van der Waals surface area contributed by atoms with Crippen molar-refractivity contribution in [1.29, 1.82) is 0 Å². The van der Waals surface area contributed by atoms with Crippen LogP contribution in [0, 0.1) is 0 Å². The number of methoxy groups -OCH3 is 2. The fourth-order valence-electron chi connectivity index (χ4n) is 9.35. The first-order valence-corrected chi connectivity index (χ1v) is 22.3. The molecule has 3 fully saturated rings. The van der Waals surface area contributed by atoms with Gasteiger partial charge in [-0.05, 0) is 119 Å². The van der Waals surface area contributed by atoms with Gasteiger partial charge in [0.25, 0.3) is 11.8 Å². The molecule has 8 rings (SSSR count). The van der Waals surface area contributed by atoms with Crippen molar-refractivity contribution in [3.05, 3.63) is 70.5 Å². The fraction of sp³-hybridized carbons (Fsp3) is 0.523. The first kappa shape index (κ1) is 40.3. The second-order valence-electron chi connectivity index (χ2n) is 16.6. The Labute approximate surface area is 341 Å². The van der Waals surface area contributed by atoms with Crippen LogP contribution in [-0.4, -0.2) is 116 Å². The molecular weight excluding hydrogens is 757 g/mol. The van der Waals surface area contributed by atoms with Crippen LogP contribution in [0.1, 0.15) is 108 Å². The maximum Gasteiger partial charge on any atom is 0.264 e. The average molecular weight is 813 g/mol. The molecule has 2 aromatic carbocycles. The summed E-state index contributed by atoms with van der Waals surface area (Å²) in [6, 6.07) is 11.9. The largest absolute Gasteiger partial charge is 0.497 e. The number of hydrogen-bond donors (Lipinski definition) is 1. The first-order chi connectivity index (χ1) is 28.0. The van der Waals surface area contributed by atoms with E-state index in [4.69, 9.17) is 19.3 Å². The summed E-state index contributed by atoms with van der Waals surface area (Å²) in [5.41, 5.74) is 7.68. The van der Waals surface area contributed by atoms with Gasteiger partial charge in [0.15, 0.2) is 0 Å². The SMILES string of the molecule is COCC1CN(C(=O)c2cnn(C3CCN(C)CC3)c2C2=Cc3cc(OC)ccc3-c3c(C4CCCCC4)c4ccc(C(=O)NS(=O)(=O)C(C)C)cc4n3C2)CCO1. The number of sulfonamides is 1. The van der Waals surface area contributed by atoms with Crippen LogP contribution in [0.4, 0.5) is 0 Å². The van der Waals surface area contributed by atoms with Crippen LogP contribution in [-0.2, 0) is 26.0 Å². The highest BCUT2D eigenvalue weighted by atomic mass is 32.2. The Morgan fingerprint density at radius 1 is 0.983 bits per heavy atom. The molecular formula is C44H56N6O7S. The minimum atomic E-state index is -3.86. The monoisotopic (exact) mass is 812 g/mol. The summed E-state index contributed by atoms with van der Waals surface area (Å²) in [5.74, 6) is 0.264. The molecule has 5 heterocycles. The van der Waals surface area contributed by atoms with E-state index in [1.54, 1.807) is 40.3 Å². The third-order valence-electron chi connectivity index (χ3n) is 12.5. The lowest BCUT2D eigenvalue weighted by Crippen LogP contribution is -2.47.